The lowest BCUT2D eigenvalue weighted by atomic mass is 10.1. The van der Waals surface area contributed by atoms with E-state index < -0.39 is 10.0 Å². The van der Waals surface area contributed by atoms with Crippen LogP contribution < -0.4 is 10.0 Å². The van der Waals surface area contributed by atoms with Crippen LogP contribution in [0, 0.1) is 0 Å². The minimum Gasteiger partial charge on any atom is -0.324 e. The Kier molecular flexibility index (Phi) is 3.76. The number of fused-ring (bicyclic) bond motifs is 1. The SMILES string of the molecule is O=C1Cc2cccc(NS(=O)(=O)c3c(Cl)cccc3Cl)c2N1. The highest BCUT2D eigenvalue weighted by molar-refractivity contribution is 7.93. The molecule has 114 valence electrons. The Morgan fingerprint density at radius 1 is 1.05 bits per heavy atom. The zero-order valence-electron chi connectivity index (χ0n) is 11.1. The number of benzene rings is 2. The van der Waals surface area contributed by atoms with Crippen molar-refractivity contribution in [3.8, 4) is 0 Å². The molecule has 1 aliphatic heterocycles. The third-order valence-electron chi connectivity index (χ3n) is 3.20. The lowest BCUT2D eigenvalue weighted by molar-refractivity contribution is -0.115. The summed E-state index contributed by atoms with van der Waals surface area (Å²) in [7, 11) is -3.98. The second-order valence-corrected chi connectivity index (χ2v) is 7.15. The van der Waals surface area contributed by atoms with Gasteiger partial charge in [-0.25, -0.2) is 8.42 Å². The number of carbonyl (C=O) groups is 1. The molecule has 0 saturated carbocycles. The number of amides is 1. The summed E-state index contributed by atoms with van der Waals surface area (Å²) < 4.78 is 27.5. The first-order valence-corrected chi connectivity index (χ1v) is 8.51. The number of rotatable bonds is 3. The Morgan fingerprint density at radius 2 is 1.68 bits per heavy atom. The number of anilines is 2. The van der Waals surface area contributed by atoms with Gasteiger partial charge in [-0.2, -0.15) is 0 Å². The van der Waals surface area contributed by atoms with E-state index in [0.717, 1.165) is 5.56 Å². The van der Waals surface area contributed by atoms with Crippen LogP contribution in [0.25, 0.3) is 0 Å². The fourth-order valence-electron chi connectivity index (χ4n) is 2.27. The van der Waals surface area contributed by atoms with Gasteiger partial charge in [-0.1, -0.05) is 41.4 Å². The van der Waals surface area contributed by atoms with Crippen molar-refractivity contribution >= 4 is 50.5 Å². The lowest BCUT2D eigenvalue weighted by Gasteiger charge is -2.13. The van der Waals surface area contributed by atoms with Gasteiger partial charge in [0.1, 0.15) is 4.90 Å². The molecule has 1 amide bonds. The van der Waals surface area contributed by atoms with Crippen molar-refractivity contribution in [1.82, 2.24) is 0 Å². The first kappa shape index (κ1) is 15.1. The van der Waals surface area contributed by atoms with Crippen molar-refractivity contribution in [2.45, 2.75) is 11.3 Å². The lowest BCUT2D eigenvalue weighted by Crippen LogP contribution is -2.15. The van der Waals surface area contributed by atoms with Crippen LogP contribution in [0.15, 0.2) is 41.3 Å². The Morgan fingerprint density at radius 3 is 2.36 bits per heavy atom. The number of nitrogens with one attached hydrogen (secondary N) is 2. The van der Waals surface area contributed by atoms with E-state index in [-0.39, 0.29) is 33.0 Å². The predicted molar refractivity (Wildman–Crippen MR) is 86.0 cm³/mol. The van der Waals surface area contributed by atoms with E-state index >= 15 is 0 Å². The molecule has 0 spiro atoms. The second kappa shape index (κ2) is 5.46. The van der Waals surface area contributed by atoms with Crippen molar-refractivity contribution in [3.63, 3.8) is 0 Å². The Labute approximate surface area is 137 Å². The van der Waals surface area contributed by atoms with E-state index in [1.165, 1.54) is 12.1 Å². The van der Waals surface area contributed by atoms with Gasteiger partial charge in [0.05, 0.1) is 27.8 Å². The normalized spacial score (nSPS) is 13.6. The van der Waals surface area contributed by atoms with Crippen LogP contribution >= 0.6 is 23.2 Å². The molecule has 0 unspecified atom stereocenters. The molecule has 0 aliphatic carbocycles. The minimum absolute atomic E-state index is 0.0246. The van der Waals surface area contributed by atoms with Gasteiger partial charge in [-0.3, -0.25) is 9.52 Å². The molecule has 2 N–H and O–H groups in total. The van der Waals surface area contributed by atoms with Crippen LogP contribution in [0.2, 0.25) is 10.0 Å². The number of para-hydroxylation sites is 1. The molecule has 3 rings (SSSR count). The topological polar surface area (TPSA) is 75.3 Å². The number of hydrogen-bond donors (Lipinski definition) is 2. The first-order valence-electron chi connectivity index (χ1n) is 6.27. The highest BCUT2D eigenvalue weighted by Crippen LogP contribution is 2.35. The van der Waals surface area contributed by atoms with Gasteiger partial charge < -0.3 is 5.32 Å². The molecule has 2 aromatic rings. The molecule has 0 saturated heterocycles. The zero-order valence-corrected chi connectivity index (χ0v) is 13.4. The summed E-state index contributed by atoms with van der Waals surface area (Å²) in [4.78, 5) is 11.3. The Balaban J connectivity index is 2.04. The van der Waals surface area contributed by atoms with E-state index in [1.807, 2.05) is 0 Å². The van der Waals surface area contributed by atoms with Crippen LogP contribution in [0.4, 0.5) is 11.4 Å². The molecule has 0 fully saturated rings. The molecule has 1 heterocycles. The third kappa shape index (κ3) is 2.65. The highest BCUT2D eigenvalue weighted by Gasteiger charge is 2.26. The number of sulfonamides is 1. The summed E-state index contributed by atoms with van der Waals surface area (Å²) in [5.74, 6) is -0.183. The molecule has 0 radical (unpaired) electrons. The van der Waals surface area contributed by atoms with Gasteiger partial charge in [0.25, 0.3) is 10.0 Å². The molecule has 0 atom stereocenters. The highest BCUT2D eigenvalue weighted by atomic mass is 35.5. The van der Waals surface area contributed by atoms with Crippen molar-refractivity contribution in [3.05, 3.63) is 52.0 Å². The third-order valence-corrected chi connectivity index (χ3v) is 5.52. The summed E-state index contributed by atoms with van der Waals surface area (Å²) in [5.41, 5.74) is 1.47. The van der Waals surface area contributed by atoms with E-state index in [2.05, 4.69) is 10.0 Å². The summed E-state index contributed by atoms with van der Waals surface area (Å²) in [6.45, 7) is 0. The molecule has 2 aromatic carbocycles. The number of halogens is 2. The van der Waals surface area contributed by atoms with Crippen LogP contribution in [-0.4, -0.2) is 14.3 Å². The van der Waals surface area contributed by atoms with Crippen molar-refractivity contribution in [2.24, 2.45) is 0 Å². The van der Waals surface area contributed by atoms with Crippen LogP contribution in [0.5, 0.6) is 0 Å². The van der Waals surface area contributed by atoms with E-state index in [0.29, 0.717) is 5.69 Å². The average molecular weight is 357 g/mol. The maximum absolute atomic E-state index is 12.5. The minimum atomic E-state index is -3.98. The molecule has 0 aromatic heterocycles. The summed E-state index contributed by atoms with van der Waals surface area (Å²) >= 11 is 11.9. The second-order valence-electron chi connectivity index (χ2n) is 4.72. The van der Waals surface area contributed by atoms with Crippen LogP contribution in [0.1, 0.15) is 5.56 Å². The molecular weight excluding hydrogens is 347 g/mol. The van der Waals surface area contributed by atoms with E-state index in [9.17, 15) is 13.2 Å². The van der Waals surface area contributed by atoms with E-state index in [1.54, 1.807) is 24.3 Å². The van der Waals surface area contributed by atoms with Gasteiger partial charge in [-0.05, 0) is 23.8 Å². The largest absolute Gasteiger partial charge is 0.324 e. The molecule has 22 heavy (non-hydrogen) atoms. The molecule has 1 aliphatic rings. The fraction of sp³-hybridized carbons (Fsp3) is 0.0714. The predicted octanol–water partition coefficient (Wildman–Crippen LogP) is 3.29. The zero-order chi connectivity index (χ0) is 15.9. The monoisotopic (exact) mass is 356 g/mol. The van der Waals surface area contributed by atoms with Gasteiger partial charge in [0.15, 0.2) is 0 Å². The average Bonchev–Trinajstić information content (AvgIpc) is 2.79. The first-order chi connectivity index (χ1) is 10.4. The molecule has 5 nitrogen and oxygen atoms in total. The van der Waals surface area contributed by atoms with Crippen LogP contribution in [-0.2, 0) is 21.2 Å². The molecular formula is C14H10Cl2N2O3S. The number of carbonyl (C=O) groups excluding carboxylic acids is 1. The van der Waals surface area contributed by atoms with Gasteiger partial charge >= 0.3 is 0 Å². The van der Waals surface area contributed by atoms with E-state index in [4.69, 9.17) is 23.2 Å². The smallest absolute Gasteiger partial charge is 0.264 e. The Hall–Kier alpha value is -1.76. The van der Waals surface area contributed by atoms with Crippen molar-refractivity contribution in [2.75, 3.05) is 10.0 Å². The standard InChI is InChI=1S/C14H10Cl2N2O3S/c15-9-4-2-5-10(16)14(9)22(20,21)18-11-6-1-3-8-7-12(19)17-13(8)11/h1-6,18H,7H2,(H,17,19). The fourth-order valence-corrected chi connectivity index (χ4v) is 4.49. The Bertz CT molecular complexity index is 861. The van der Waals surface area contributed by atoms with Crippen LogP contribution in [0.3, 0.4) is 0 Å². The van der Waals surface area contributed by atoms with Gasteiger partial charge in [0.2, 0.25) is 5.91 Å². The summed E-state index contributed by atoms with van der Waals surface area (Å²) in [6, 6.07) is 9.44. The number of hydrogen-bond acceptors (Lipinski definition) is 3. The van der Waals surface area contributed by atoms with Crippen molar-refractivity contribution in [1.29, 1.82) is 0 Å². The van der Waals surface area contributed by atoms with Gasteiger partial charge in [0, 0.05) is 0 Å². The molecule has 0 bridgehead atoms. The van der Waals surface area contributed by atoms with Crippen molar-refractivity contribution < 1.29 is 13.2 Å². The maximum atomic E-state index is 12.5. The summed E-state index contributed by atoms with van der Waals surface area (Å²) in [6.07, 6.45) is 0.220. The molecule has 8 heteroatoms. The maximum Gasteiger partial charge on any atom is 0.264 e. The quantitative estimate of drug-likeness (QED) is 0.885. The van der Waals surface area contributed by atoms with Gasteiger partial charge in [-0.15, -0.1) is 0 Å². The summed E-state index contributed by atoms with van der Waals surface area (Å²) in [5, 5.41) is 2.69.